The van der Waals surface area contributed by atoms with Crippen LogP contribution < -0.4 is 26.2 Å². The Labute approximate surface area is 239 Å². The Bertz CT molecular complexity index is 1980. The molecule has 0 saturated carbocycles. The molecule has 0 N–H and O–H groups in total. The van der Waals surface area contributed by atoms with Crippen molar-refractivity contribution in [3.05, 3.63) is 145 Å². The van der Waals surface area contributed by atoms with E-state index in [-0.39, 0.29) is 6.71 Å². The first-order valence-electron chi connectivity index (χ1n) is 13.8. The van der Waals surface area contributed by atoms with Crippen LogP contribution in [0.15, 0.2) is 140 Å². The van der Waals surface area contributed by atoms with Gasteiger partial charge in [-0.3, -0.25) is 4.90 Å². The summed E-state index contributed by atoms with van der Waals surface area (Å²) in [5.41, 5.74) is 11.7. The smallest absolute Gasteiger partial charge is 0.252 e. The summed E-state index contributed by atoms with van der Waals surface area (Å²) in [4.78, 5) is 9.47. The van der Waals surface area contributed by atoms with Crippen LogP contribution in [0.4, 0.5) is 34.3 Å². The third-order valence-corrected chi connectivity index (χ3v) is 8.08. The van der Waals surface area contributed by atoms with Gasteiger partial charge in [-0.1, -0.05) is 91.0 Å². The van der Waals surface area contributed by atoms with Crippen LogP contribution in [-0.4, -0.2) is 11.7 Å². The summed E-state index contributed by atoms with van der Waals surface area (Å²) in [7, 11) is 0. The van der Waals surface area contributed by atoms with Crippen molar-refractivity contribution in [1.29, 1.82) is 5.26 Å². The van der Waals surface area contributed by atoms with Gasteiger partial charge in [-0.05, 0) is 76.0 Å². The third kappa shape index (κ3) is 3.58. The fraction of sp³-hybridized carbons (Fsp3) is 0. The van der Waals surface area contributed by atoms with E-state index < -0.39 is 0 Å². The molecule has 2 aliphatic heterocycles. The molecule has 0 unspecified atom stereocenters. The van der Waals surface area contributed by atoms with E-state index in [1.807, 2.05) is 24.3 Å². The summed E-state index contributed by atoms with van der Waals surface area (Å²) in [6.07, 6.45) is 0. The number of nitriles is 1. The lowest BCUT2D eigenvalue weighted by molar-refractivity contribution is 1.16. The van der Waals surface area contributed by atoms with Crippen molar-refractivity contribution >= 4 is 57.4 Å². The van der Waals surface area contributed by atoms with Gasteiger partial charge in [0, 0.05) is 28.4 Å². The molecule has 0 fully saturated rings. The van der Waals surface area contributed by atoms with Crippen molar-refractivity contribution in [2.75, 3.05) is 9.80 Å². The standard InChI is InChI=1S/C36H23BN4/c38-24-27-22-26(25-12-3-1-4-13-25)23-35(39-27)41-32-19-10-8-17-30(32)37-29-16-7-9-18-31(29)40(28-14-5-2-6-15-28)33-20-11-21-34(41)36(33)37/h1-23H. The largest absolute Gasteiger partial charge is 0.311 e. The minimum Gasteiger partial charge on any atom is -0.311 e. The molecule has 0 aliphatic carbocycles. The lowest BCUT2D eigenvalue weighted by Crippen LogP contribution is -2.61. The number of para-hydroxylation sites is 3. The third-order valence-electron chi connectivity index (χ3n) is 8.08. The number of fused-ring (bicyclic) bond motifs is 4. The highest BCUT2D eigenvalue weighted by atomic mass is 15.2. The summed E-state index contributed by atoms with van der Waals surface area (Å²) in [5.74, 6) is 0.729. The quantitative estimate of drug-likeness (QED) is 0.242. The Morgan fingerprint density at radius 3 is 1.78 bits per heavy atom. The lowest BCUT2D eigenvalue weighted by atomic mass is 9.33. The molecule has 0 saturated heterocycles. The predicted octanol–water partition coefficient (Wildman–Crippen LogP) is 6.70. The first kappa shape index (κ1) is 23.3. The van der Waals surface area contributed by atoms with Crippen molar-refractivity contribution < 1.29 is 0 Å². The van der Waals surface area contributed by atoms with Gasteiger partial charge in [0.15, 0.2) is 0 Å². The average molecular weight is 522 g/mol. The van der Waals surface area contributed by atoms with Gasteiger partial charge in [0.2, 0.25) is 0 Å². The second-order valence-electron chi connectivity index (χ2n) is 10.3. The van der Waals surface area contributed by atoms with Crippen molar-refractivity contribution in [3.63, 3.8) is 0 Å². The van der Waals surface area contributed by atoms with Crippen molar-refractivity contribution in [2.45, 2.75) is 0 Å². The Kier molecular flexibility index (Phi) is 5.26. The molecule has 0 atom stereocenters. The molecule has 8 rings (SSSR count). The summed E-state index contributed by atoms with van der Waals surface area (Å²) in [6.45, 7) is 0.0672. The van der Waals surface area contributed by atoms with E-state index >= 15 is 0 Å². The molecule has 3 heterocycles. The number of rotatable bonds is 3. The second kappa shape index (κ2) is 9.26. The number of anilines is 6. The zero-order chi connectivity index (χ0) is 27.3. The molecule has 0 spiro atoms. The Morgan fingerprint density at radius 1 is 0.537 bits per heavy atom. The van der Waals surface area contributed by atoms with Crippen LogP contribution in [0.2, 0.25) is 0 Å². The van der Waals surface area contributed by atoms with Gasteiger partial charge in [0.1, 0.15) is 17.6 Å². The number of aromatic nitrogens is 1. The van der Waals surface area contributed by atoms with Gasteiger partial charge in [-0.25, -0.2) is 4.98 Å². The molecular formula is C36H23BN4. The Hall–Kier alpha value is -5.60. The van der Waals surface area contributed by atoms with Crippen LogP contribution in [0.25, 0.3) is 11.1 Å². The summed E-state index contributed by atoms with van der Waals surface area (Å²) >= 11 is 0. The topological polar surface area (TPSA) is 43.2 Å². The van der Waals surface area contributed by atoms with Crippen molar-refractivity contribution in [3.8, 4) is 17.2 Å². The van der Waals surface area contributed by atoms with Crippen LogP contribution in [0, 0.1) is 11.3 Å². The highest BCUT2D eigenvalue weighted by molar-refractivity contribution is 7.00. The molecule has 0 bridgehead atoms. The van der Waals surface area contributed by atoms with E-state index in [1.165, 1.54) is 22.1 Å². The molecule has 5 aromatic carbocycles. The molecule has 190 valence electrons. The van der Waals surface area contributed by atoms with Gasteiger partial charge in [-0.2, -0.15) is 5.26 Å². The Balaban J connectivity index is 1.42. The van der Waals surface area contributed by atoms with Gasteiger partial charge in [0.05, 0.1) is 0 Å². The van der Waals surface area contributed by atoms with Gasteiger partial charge in [0.25, 0.3) is 6.71 Å². The fourth-order valence-corrected chi connectivity index (χ4v) is 6.42. The maximum Gasteiger partial charge on any atom is 0.252 e. The van der Waals surface area contributed by atoms with E-state index in [4.69, 9.17) is 4.98 Å². The highest BCUT2D eigenvalue weighted by Gasteiger charge is 2.43. The summed E-state index contributed by atoms with van der Waals surface area (Å²) in [6, 6.07) is 50.8. The average Bonchev–Trinajstić information content (AvgIpc) is 3.05. The maximum atomic E-state index is 9.99. The number of pyridine rings is 1. The van der Waals surface area contributed by atoms with E-state index in [0.29, 0.717) is 5.69 Å². The zero-order valence-corrected chi connectivity index (χ0v) is 22.1. The van der Waals surface area contributed by atoms with E-state index in [9.17, 15) is 5.26 Å². The van der Waals surface area contributed by atoms with Gasteiger partial charge < -0.3 is 4.90 Å². The molecule has 0 radical (unpaired) electrons. The molecule has 4 nitrogen and oxygen atoms in total. The molecule has 1 aromatic heterocycles. The maximum absolute atomic E-state index is 9.99. The first-order chi connectivity index (χ1) is 20.3. The molecule has 5 heteroatoms. The zero-order valence-electron chi connectivity index (χ0n) is 22.1. The number of benzene rings is 5. The van der Waals surface area contributed by atoms with Crippen LogP contribution in [0.3, 0.4) is 0 Å². The van der Waals surface area contributed by atoms with Gasteiger partial charge >= 0.3 is 0 Å². The molecule has 6 aromatic rings. The molecule has 2 aliphatic rings. The number of hydrogen-bond donors (Lipinski definition) is 0. The SMILES string of the molecule is N#Cc1cc(-c2ccccc2)cc(N2c3ccccc3B3c4ccccc4N(c4ccccc4)c4cccc2c43)n1. The molecule has 0 amide bonds. The summed E-state index contributed by atoms with van der Waals surface area (Å²) in [5, 5.41) is 9.99. The lowest BCUT2D eigenvalue weighted by Gasteiger charge is -2.43. The highest BCUT2D eigenvalue weighted by Crippen LogP contribution is 2.43. The number of nitrogens with zero attached hydrogens (tertiary/aromatic N) is 4. The first-order valence-corrected chi connectivity index (χ1v) is 13.8. The van der Waals surface area contributed by atoms with Crippen LogP contribution in [0.1, 0.15) is 5.69 Å². The van der Waals surface area contributed by atoms with E-state index in [0.717, 1.165) is 39.7 Å². The normalized spacial score (nSPS) is 12.7. The Morgan fingerprint density at radius 2 is 1.10 bits per heavy atom. The van der Waals surface area contributed by atoms with E-state index in [2.05, 4.69) is 131 Å². The monoisotopic (exact) mass is 522 g/mol. The minimum absolute atomic E-state index is 0.0672. The predicted molar refractivity (Wildman–Crippen MR) is 168 cm³/mol. The number of hydrogen-bond acceptors (Lipinski definition) is 4. The van der Waals surface area contributed by atoms with Crippen molar-refractivity contribution in [2.24, 2.45) is 0 Å². The van der Waals surface area contributed by atoms with Crippen LogP contribution in [0.5, 0.6) is 0 Å². The minimum atomic E-state index is 0.0672. The fourth-order valence-electron chi connectivity index (χ4n) is 6.42. The van der Waals surface area contributed by atoms with Crippen LogP contribution in [-0.2, 0) is 0 Å². The van der Waals surface area contributed by atoms with Crippen molar-refractivity contribution in [1.82, 2.24) is 4.98 Å². The molecular weight excluding hydrogens is 499 g/mol. The second-order valence-corrected chi connectivity index (χ2v) is 10.3. The molecule has 41 heavy (non-hydrogen) atoms. The summed E-state index contributed by atoms with van der Waals surface area (Å²) < 4.78 is 0. The van der Waals surface area contributed by atoms with Crippen LogP contribution >= 0.6 is 0 Å². The van der Waals surface area contributed by atoms with E-state index in [1.54, 1.807) is 0 Å². The van der Waals surface area contributed by atoms with Gasteiger partial charge in [-0.15, -0.1) is 0 Å².